The van der Waals surface area contributed by atoms with Gasteiger partial charge in [0.05, 0.1) is 27.4 Å². The van der Waals surface area contributed by atoms with Crippen molar-refractivity contribution in [1.82, 2.24) is 0 Å². The molecule has 0 heterocycles. The summed E-state index contributed by atoms with van der Waals surface area (Å²) in [6, 6.07) is 28.0. The van der Waals surface area contributed by atoms with E-state index in [1.165, 1.54) is 19.3 Å². The Kier molecular flexibility index (Phi) is 10.4. The van der Waals surface area contributed by atoms with Crippen LogP contribution in [-0.2, 0) is 25.3 Å². The van der Waals surface area contributed by atoms with Gasteiger partial charge in [-0.05, 0) is 39.2 Å². The fraction of sp³-hybridized carbons (Fsp3) is 0.323. The number of methoxy groups -OCH3 is 2. The van der Waals surface area contributed by atoms with Crippen molar-refractivity contribution in [3.8, 4) is 5.75 Å². The predicted molar refractivity (Wildman–Crippen MR) is 152 cm³/mol. The van der Waals surface area contributed by atoms with Crippen LogP contribution < -0.4 is 15.1 Å². The van der Waals surface area contributed by atoms with Crippen molar-refractivity contribution in [2.24, 2.45) is 0 Å². The minimum atomic E-state index is -2.85. The minimum absolute atomic E-state index is 0.0199. The summed E-state index contributed by atoms with van der Waals surface area (Å²) >= 11 is 0. The van der Waals surface area contributed by atoms with Gasteiger partial charge in [-0.2, -0.15) is 0 Å². The number of esters is 1. The highest BCUT2D eigenvalue weighted by molar-refractivity contribution is 6.99. The summed E-state index contributed by atoms with van der Waals surface area (Å²) in [5.74, 6) is 0.220. The maximum absolute atomic E-state index is 11.8. The number of benzene rings is 3. The van der Waals surface area contributed by atoms with Gasteiger partial charge in [-0.1, -0.05) is 93.6 Å². The Morgan fingerprint density at radius 2 is 1.45 bits per heavy atom. The van der Waals surface area contributed by atoms with E-state index in [2.05, 4.69) is 45.0 Å². The lowest BCUT2D eigenvalue weighted by atomic mass is 10.2. The van der Waals surface area contributed by atoms with E-state index in [1.54, 1.807) is 7.11 Å². The molecule has 0 aromatic heterocycles. The average molecular weight is 535 g/mol. The van der Waals surface area contributed by atoms with Crippen LogP contribution in [0.15, 0.2) is 97.1 Å². The second-order valence-electron chi connectivity index (χ2n) is 10.0. The van der Waals surface area contributed by atoms with Crippen molar-refractivity contribution < 1.29 is 28.5 Å². The van der Waals surface area contributed by atoms with Gasteiger partial charge in [0.2, 0.25) is 0 Å². The highest BCUT2D eigenvalue weighted by Crippen LogP contribution is 2.37. The predicted octanol–water partition coefficient (Wildman–Crippen LogP) is 4.25. The molecule has 202 valence electrons. The Morgan fingerprint density at radius 3 is 1.92 bits per heavy atom. The molecule has 0 fully saturated rings. The third kappa shape index (κ3) is 7.20. The fourth-order valence-corrected chi connectivity index (χ4v) is 9.09. The molecule has 0 unspecified atom stereocenters. The quantitative estimate of drug-likeness (QED) is 0.213. The number of ether oxygens (including phenoxy) is 3. The average Bonchev–Trinajstić information content (AvgIpc) is 2.93. The normalized spacial score (nSPS) is 13.7. The van der Waals surface area contributed by atoms with Crippen molar-refractivity contribution in [3.63, 3.8) is 0 Å². The summed E-state index contributed by atoms with van der Waals surface area (Å²) in [6.07, 6.45) is 0.963. The fourth-order valence-electron chi connectivity index (χ4n) is 4.52. The van der Waals surface area contributed by atoms with E-state index in [0.717, 1.165) is 21.7 Å². The Hall–Kier alpha value is -3.23. The van der Waals surface area contributed by atoms with Crippen molar-refractivity contribution in [2.75, 3.05) is 20.8 Å². The van der Waals surface area contributed by atoms with Crippen LogP contribution in [0.4, 0.5) is 0 Å². The third-order valence-electron chi connectivity index (χ3n) is 6.49. The Morgan fingerprint density at radius 1 is 0.895 bits per heavy atom. The van der Waals surface area contributed by atoms with Crippen LogP contribution in [0.3, 0.4) is 0 Å². The van der Waals surface area contributed by atoms with E-state index in [9.17, 15) is 9.90 Å². The van der Waals surface area contributed by atoms with E-state index in [1.807, 2.05) is 60.7 Å². The molecule has 6 nitrogen and oxygen atoms in total. The molecule has 0 amide bonds. The van der Waals surface area contributed by atoms with Crippen LogP contribution in [0.5, 0.6) is 5.75 Å². The van der Waals surface area contributed by atoms with Crippen LogP contribution in [0, 0.1) is 0 Å². The first kappa shape index (κ1) is 29.3. The molecule has 3 rings (SSSR count). The molecule has 3 aromatic carbocycles. The molecule has 3 aromatic rings. The molecule has 0 aliphatic heterocycles. The van der Waals surface area contributed by atoms with Gasteiger partial charge in [-0.3, -0.25) is 0 Å². The number of hydrogen-bond donors (Lipinski definition) is 1. The lowest BCUT2D eigenvalue weighted by Gasteiger charge is -2.43. The smallest absolute Gasteiger partial charge is 0.330 e. The standard InChI is InChI=1S/C31H38O6Si/c1-31(2,3)38(26-12-8-6-9-13-26,27-14-10-7-11-15-27)37-23-28(32)29(20-21-30(33)35-5)36-22-24-16-18-25(34-4)19-17-24/h6-21,28-29,32H,22-23H2,1-5H3/b21-20-/t28-,29-/m0/s1. The van der Waals surface area contributed by atoms with Gasteiger partial charge < -0.3 is 23.7 Å². The molecule has 0 saturated heterocycles. The summed E-state index contributed by atoms with van der Waals surface area (Å²) in [4.78, 5) is 11.8. The topological polar surface area (TPSA) is 74.2 Å². The van der Waals surface area contributed by atoms with E-state index >= 15 is 0 Å². The summed E-state index contributed by atoms with van der Waals surface area (Å²) < 4.78 is 22.9. The molecule has 1 N–H and O–H groups in total. The van der Waals surface area contributed by atoms with Crippen LogP contribution >= 0.6 is 0 Å². The third-order valence-corrected chi connectivity index (χ3v) is 11.5. The number of aliphatic hydroxyl groups excluding tert-OH is 1. The van der Waals surface area contributed by atoms with Crippen LogP contribution in [0.2, 0.25) is 5.04 Å². The summed E-state index contributed by atoms with van der Waals surface area (Å²) in [7, 11) is 0.0682. The summed E-state index contributed by atoms with van der Waals surface area (Å²) in [5.41, 5.74) is 0.905. The number of carbonyl (C=O) groups excluding carboxylic acids is 1. The lowest BCUT2D eigenvalue weighted by molar-refractivity contribution is -0.135. The maximum atomic E-state index is 11.8. The molecule has 0 spiro atoms. The number of aliphatic hydroxyl groups is 1. The van der Waals surface area contributed by atoms with Gasteiger partial charge in [-0.25, -0.2) is 4.79 Å². The first-order valence-electron chi connectivity index (χ1n) is 12.6. The van der Waals surface area contributed by atoms with E-state index in [4.69, 9.17) is 18.6 Å². The Labute approximate surface area is 227 Å². The van der Waals surface area contributed by atoms with Crippen molar-refractivity contribution in [1.29, 1.82) is 0 Å². The van der Waals surface area contributed by atoms with Gasteiger partial charge in [0, 0.05) is 6.08 Å². The van der Waals surface area contributed by atoms with Gasteiger partial charge >= 0.3 is 5.97 Å². The van der Waals surface area contributed by atoms with Gasteiger partial charge in [-0.15, -0.1) is 0 Å². The second kappa shape index (κ2) is 13.5. The van der Waals surface area contributed by atoms with Crippen molar-refractivity contribution in [2.45, 2.75) is 44.6 Å². The first-order chi connectivity index (χ1) is 18.2. The molecule has 0 radical (unpaired) electrons. The van der Waals surface area contributed by atoms with Crippen LogP contribution in [0.1, 0.15) is 26.3 Å². The number of carbonyl (C=O) groups is 1. The van der Waals surface area contributed by atoms with E-state index in [-0.39, 0.29) is 18.3 Å². The SMILES string of the molecule is COC(=O)/C=C\[C@H](OCc1ccc(OC)cc1)[C@@H](O)CO[Si](c1ccccc1)(c1ccccc1)C(C)(C)C. The Balaban J connectivity index is 1.89. The largest absolute Gasteiger partial charge is 0.497 e. The zero-order valence-electron chi connectivity index (χ0n) is 22.8. The summed E-state index contributed by atoms with van der Waals surface area (Å²) in [6.45, 7) is 6.80. The molecule has 0 bridgehead atoms. The minimum Gasteiger partial charge on any atom is -0.497 e. The van der Waals surface area contributed by atoms with Gasteiger partial charge in [0.1, 0.15) is 18.0 Å². The molecule has 0 aliphatic carbocycles. The van der Waals surface area contributed by atoms with E-state index in [0.29, 0.717) is 0 Å². The Bertz CT molecular complexity index is 1120. The summed E-state index contributed by atoms with van der Waals surface area (Å²) in [5, 5.41) is 13.3. The van der Waals surface area contributed by atoms with Crippen molar-refractivity contribution in [3.05, 3.63) is 103 Å². The van der Waals surface area contributed by atoms with Gasteiger partial charge in [0.25, 0.3) is 8.32 Å². The zero-order valence-corrected chi connectivity index (χ0v) is 23.8. The van der Waals surface area contributed by atoms with Crippen molar-refractivity contribution >= 4 is 24.7 Å². The van der Waals surface area contributed by atoms with Crippen LogP contribution in [0.25, 0.3) is 0 Å². The first-order valence-corrected chi connectivity index (χ1v) is 14.6. The highest BCUT2D eigenvalue weighted by atomic mass is 28.4. The number of hydrogen-bond acceptors (Lipinski definition) is 6. The molecular formula is C31H38O6Si. The molecule has 38 heavy (non-hydrogen) atoms. The van der Waals surface area contributed by atoms with Crippen LogP contribution in [-0.4, -0.2) is 52.4 Å². The van der Waals surface area contributed by atoms with E-state index < -0.39 is 26.5 Å². The second-order valence-corrected chi connectivity index (χ2v) is 14.4. The molecule has 2 atom stereocenters. The zero-order chi connectivity index (χ0) is 27.6. The molecule has 7 heteroatoms. The lowest BCUT2D eigenvalue weighted by Crippen LogP contribution is -2.67. The monoisotopic (exact) mass is 534 g/mol. The highest BCUT2D eigenvalue weighted by Gasteiger charge is 2.50. The molecular weight excluding hydrogens is 496 g/mol. The molecule has 0 aliphatic rings. The van der Waals surface area contributed by atoms with Gasteiger partial charge in [0.15, 0.2) is 0 Å². The maximum Gasteiger partial charge on any atom is 0.330 e. The molecule has 0 saturated carbocycles. The number of rotatable bonds is 12.